The maximum Gasteiger partial charge on any atom is 0.346 e. The predicted molar refractivity (Wildman–Crippen MR) is 240 cm³/mol. The standard InChI is InChI=1S/C50H67ClN2O10/c1-10-13-29-16-17-31-20-25(3)38(62-39-23-35(53(8)9)43(28(6)61-39)52-47(59)40-27(5)34(51)18-19-36(40)54)15-12-14-33-30(11-2)22-32-42(26(4)21-37(55)44(32)56)49(33,7)45(57)41-46(58)50(31,24-29)63-48(41)60/h12,14,16-20,22,26,28-29,31-33,35,37-39,42-44,54-57H,10-11,13,15,21,23-24H2,1-9H3,(H,52,59)/b14-12-,25-20+,45-41?/t26-,28-,29-,31+,32-,33-,35-,37-,38+,39-,42-,43+,44+,49+,50+/m0/s1. The van der Waals surface area contributed by atoms with Gasteiger partial charge in [0.05, 0.1) is 36.0 Å². The molecule has 2 heterocycles. The van der Waals surface area contributed by atoms with Crippen LogP contribution in [0.2, 0.25) is 5.02 Å². The second kappa shape index (κ2) is 18.2. The number of carbonyl (C=O) groups excluding carboxylic acids is 3. The number of halogens is 1. The minimum absolute atomic E-state index is 0.0325. The number of esters is 1. The highest BCUT2D eigenvalue weighted by atomic mass is 35.5. The first-order valence-electron chi connectivity index (χ1n) is 22.9. The van der Waals surface area contributed by atoms with E-state index in [0.717, 1.165) is 24.0 Å². The molecule has 0 unspecified atom stereocenters. The number of allylic oxidation sites excluding steroid dienone is 4. The highest BCUT2D eigenvalue weighted by Crippen LogP contribution is 2.60. The highest BCUT2D eigenvalue weighted by molar-refractivity contribution is 6.32. The Bertz CT molecular complexity index is 2130. The molecule has 5 N–H and O–H groups in total. The maximum absolute atomic E-state index is 15.2. The zero-order valence-electron chi connectivity index (χ0n) is 38.1. The summed E-state index contributed by atoms with van der Waals surface area (Å²) in [5, 5.41) is 49.3. The molecule has 6 aliphatic rings. The minimum Gasteiger partial charge on any atom is -0.511 e. The van der Waals surface area contributed by atoms with Gasteiger partial charge >= 0.3 is 5.97 Å². The number of aromatic hydroxyl groups is 1. The lowest BCUT2D eigenvalue weighted by Crippen LogP contribution is -2.60. The molecule has 1 spiro atoms. The number of fused-ring (bicyclic) bond motifs is 4. The first kappa shape index (κ1) is 47.2. The lowest BCUT2D eigenvalue weighted by Gasteiger charge is -2.56. The van der Waals surface area contributed by atoms with Gasteiger partial charge in [0.25, 0.3) is 5.91 Å². The predicted octanol–water partition coefficient (Wildman–Crippen LogP) is 7.44. The number of aliphatic hydroxyl groups is 3. The van der Waals surface area contributed by atoms with Crippen LogP contribution in [0.25, 0.3) is 0 Å². The van der Waals surface area contributed by atoms with Crippen LogP contribution in [0.3, 0.4) is 0 Å². The molecule has 0 aromatic heterocycles. The van der Waals surface area contributed by atoms with Gasteiger partial charge in [0.2, 0.25) is 5.78 Å². The number of carbonyl (C=O) groups is 3. The molecule has 1 amide bonds. The Morgan fingerprint density at radius 2 is 1.78 bits per heavy atom. The molecule has 1 aromatic carbocycles. The SMILES string of the molecule is CCC[C@H]1C=C[C@@H]2/C=C(\C)[C@H](O[C@H]3C[C@H](N(C)C)[C@H](NC(=O)c4c(O)ccc(Cl)c4C)[C@H](C)O3)C/C=C\[C@H]3C(CC)=C[C@@H]4[C@@H](O)[C@@H](O)C[C@H](C)[C@@H]4[C@]3(C)C(O)=C3C(=O)O[C@@]2(C1)C3=O. The first-order chi connectivity index (χ1) is 29.8. The van der Waals surface area contributed by atoms with Gasteiger partial charge in [-0.3, -0.25) is 9.59 Å². The lowest BCUT2D eigenvalue weighted by atomic mass is 9.49. The fraction of sp³-hybridized carbons (Fsp3) is 0.620. The van der Waals surface area contributed by atoms with Gasteiger partial charge < -0.3 is 44.9 Å². The Hall–Kier alpha value is -3.78. The Morgan fingerprint density at radius 1 is 1.05 bits per heavy atom. The van der Waals surface area contributed by atoms with Crippen LogP contribution in [0.4, 0.5) is 0 Å². The van der Waals surface area contributed by atoms with Gasteiger partial charge in [-0.25, -0.2) is 4.79 Å². The summed E-state index contributed by atoms with van der Waals surface area (Å²) in [5.41, 5.74) is -0.832. The van der Waals surface area contributed by atoms with Crippen LogP contribution in [0.1, 0.15) is 102 Å². The van der Waals surface area contributed by atoms with Gasteiger partial charge in [0.1, 0.15) is 17.1 Å². The van der Waals surface area contributed by atoms with E-state index in [4.69, 9.17) is 25.8 Å². The summed E-state index contributed by atoms with van der Waals surface area (Å²) in [6.07, 6.45) is 11.9. The molecule has 63 heavy (non-hydrogen) atoms. The monoisotopic (exact) mass is 890 g/mol. The molecule has 1 saturated carbocycles. The van der Waals surface area contributed by atoms with Crippen molar-refractivity contribution in [2.24, 2.45) is 40.9 Å². The summed E-state index contributed by atoms with van der Waals surface area (Å²) >= 11 is 6.34. The van der Waals surface area contributed by atoms with Gasteiger partial charge in [0.15, 0.2) is 11.9 Å². The molecule has 2 aliphatic heterocycles. The summed E-state index contributed by atoms with van der Waals surface area (Å²) in [6.45, 7) is 13.5. The van der Waals surface area contributed by atoms with Crippen LogP contribution in [0.15, 0.2) is 71.1 Å². The number of nitrogens with zero attached hydrogens (tertiary/aromatic N) is 1. The number of ether oxygens (including phenoxy) is 3. The Balaban J connectivity index is 1.29. The van der Waals surface area contributed by atoms with Crippen molar-refractivity contribution >= 4 is 29.3 Å². The number of rotatable bonds is 8. The minimum atomic E-state index is -1.59. The number of likely N-dealkylation sites (N-methyl/N-ethyl adjacent to an activating group) is 1. The van der Waals surface area contributed by atoms with Crippen molar-refractivity contribution in [1.29, 1.82) is 0 Å². The first-order valence-corrected chi connectivity index (χ1v) is 23.2. The summed E-state index contributed by atoms with van der Waals surface area (Å²) in [5.74, 6) is -4.65. The second-order valence-corrected chi connectivity index (χ2v) is 19.9. The van der Waals surface area contributed by atoms with Crippen molar-refractivity contribution < 1.29 is 49.0 Å². The van der Waals surface area contributed by atoms with Gasteiger partial charge in [-0.1, -0.05) is 87.7 Å². The lowest BCUT2D eigenvalue weighted by molar-refractivity contribution is -0.222. The van der Waals surface area contributed by atoms with E-state index in [1.807, 2.05) is 84.0 Å². The quantitative estimate of drug-likeness (QED) is 0.0997. The number of ketones is 1. The number of hydrogen-bond donors (Lipinski definition) is 5. The average Bonchev–Trinajstić information content (AvgIpc) is 3.47. The molecule has 15 atom stereocenters. The third-order valence-electron chi connectivity index (χ3n) is 15.4. The Kier molecular flexibility index (Phi) is 13.7. The summed E-state index contributed by atoms with van der Waals surface area (Å²) in [7, 11) is 3.87. The maximum atomic E-state index is 15.2. The van der Waals surface area contributed by atoms with Crippen LogP contribution in [-0.4, -0.2) is 105 Å². The van der Waals surface area contributed by atoms with Gasteiger partial charge in [-0.15, -0.1) is 0 Å². The zero-order valence-corrected chi connectivity index (χ0v) is 38.9. The Labute approximate surface area is 377 Å². The molecule has 12 nitrogen and oxygen atoms in total. The fourth-order valence-corrected chi connectivity index (χ4v) is 12.3. The number of phenols is 1. The van der Waals surface area contributed by atoms with Crippen LogP contribution >= 0.6 is 11.6 Å². The van der Waals surface area contributed by atoms with Crippen molar-refractivity contribution in [3.05, 3.63) is 87.2 Å². The van der Waals surface area contributed by atoms with Crippen molar-refractivity contribution in [3.8, 4) is 5.75 Å². The third kappa shape index (κ3) is 8.26. The van der Waals surface area contributed by atoms with Crippen LogP contribution in [0.5, 0.6) is 5.75 Å². The normalized spacial score (nSPS) is 40.6. The van der Waals surface area contributed by atoms with E-state index in [1.165, 1.54) is 6.07 Å². The second-order valence-electron chi connectivity index (χ2n) is 19.5. The smallest absolute Gasteiger partial charge is 0.346 e. The average molecular weight is 892 g/mol. The molecule has 0 radical (unpaired) electrons. The van der Waals surface area contributed by atoms with Crippen LogP contribution in [-0.2, 0) is 23.8 Å². The molecule has 7 rings (SSSR count). The molecule has 2 saturated heterocycles. The molecule has 13 heteroatoms. The number of aliphatic hydroxyl groups excluding tert-OH is 3. The van der Waals surface area contributed by atoms with Crippen LogP contribution in [0, 0.1) is 47.8 Å². The highest BCUT2D eigenvalue weighted by Gasteiger charge is 2.63. The summed E-state index contributed by atoms with van der Waals surface area (Å²) < 4.78 is 19.9. The van der Waals surface area contributed by atoms with Crippen molar-refractivity contribution in [2.45, 2.75) is 142 Å². The van der Waals surface area contributed by atoms with Crippen molar-refractivity contribution in [3.63, 3.8) is 0 Å². The summed E-state index contributed by atoms with van der Waals surface area (Å²) in [6, 6.07) is 2.25. The molecular weight excluding hydrogens is 824 g/mol. The molecule has 2 bridgehead atoms. The Morgan fingerprint density at radius 3 is 2.46 bits per heavy atom. The summed E-state index contributed by atoms with van der Waals surface area (Å²) in [4.78, 5) is 45.2. The molecule has 3 fully saturated rings. The number of hydrogen-bond acceptors (Lipinski definition) is 11. The van der Waals surface area contributed by atoms with Crippen molar-refractivity contribution in [1.82, 2.24) is 10.2 Å². The topological polar surface area (TPSA) is 175 Å². The number of benzene rings is 1. The molecule has 344 valence electrons. The number of amides is 1. The van der Waals surface area contributed by atoms with E-state index in [9.17, 15) is 30.0 Å². The molecular formula is C50H67ClN2O10. The van der Waals surface area contributed by atoms with Gasteiger partial charge in [-0.2, -0.15) is 0 Å². The number of nitrogens with one attached hydrogen (secondary N) is 1. The molecule has 4 aliphatic carbocycles. The van der Waals surface area contributed by atoms with Gasteiger partial charge in [0, 0.05) is 47.1 Å². The van der Waals surface area contributed by atoms with E-state index >= 15 is 4.79 Å². The van der Waals surface area contributed by atoms with E-state index in [-0.39, 0.29) is 46.9 Å². The molecule has 1 aromatic rings. The largest absolute Gasteiger partial charge is 0.511 e. The fourth-order valence-electron chi connectivity index (χ4n) is 12.1. The van der Waals surface area contributed by atoms with Gasteiger partial charge in [-0.05, 0) is 102 Å². The van der Waals surface area contributed by atoms with E-state index < -0.39 is 89.1 Å². The zero-order chi connectivity index (χ0) is 45.9. The third-order valence-corrected chi connectivity index (χ3v) is 15.8. The van der Waals surface area contributed by atoms with E-state index in [1.54, 1.807) is 13.0 Å². The van der Waals surface area contributed by atoms with Crippen LogP contribution < -0.4 is 5.32 Å². The van der Waals surface area contributed by atoms with Crippen molar-refractivity contribution in [2.75, 3.05) is 14.1 Å². The number of Topliss-reactive ketones (excluding diaryl/α,β-unsaturated/α-hetero) is 1. The number of phenolic OH excluding ortho intramolecular Hbond substituents is 1. The van der Waals surface area contributed by atoms with E-state index in [0.29, 0.717) is 36.3 Å². The van der Waals surface area contributed by atoms with E-state index in [2.05, 4.69) is 18.3 Å².